The van der Waals surface area contributed by atoms with E-state index in [2.05, 4.69) is 12.1 Å². The van der Waals surface area contributed by atoms with Crippen molar-refractivity contribution < 1.29 is 20.4 Å². The van der Waals surface area contributed by atoms with Crippen molar-refractivity contribution in [3.8, 4) is 0 Å². The van der Waals surface area contributed by atoms with Crippen LogP contribution in [0.25, 0.3) is 0 Å². The third kappa shape index (κ3) is 2.76. The Bertz CT molecular complexity index is 519. The van der Waals surface area contributed by atoms with Crippen LogP contribution < -0.4 is 10.6 Å². The molecule has 0 spiro atoms. The van der Waals surface area contributed by atoms with E-state index in [1.165, 1.54) is 10.6 Å². The Labute approximate surface area is 146 Å². The summed E-state index contributed by atoms with van der Waals surface area (Å²) in [6.07, 6.45) is -2.72. The molecular weight excluding hydrogens is 342 g/mol. The van der Waals surface area contributed by atoms with Crippen LogP contribution in [0.3, 0.4) is 0 Å². The van der Waals surface area contributed by atoms with E-state index < -0.39 is 40.3 Å². The summed E-state index contributed by atoms with van der Waals surface area (Å²) < 4.78 is 0. The van der Waals surface area contributed by atoms with Gasteiger partial charge in [0.05, 0.1) is 24.4 Å². The van der Waals surface area contributed by atoms with Crippen LogP contribution in [-0.4, -0.2) is 67.5 Å². The van der Waals surface area contributed by atoms with Gasteiger partial charge >= 0.3 is 0 Å². The Hall–Kier alpha value is -0.0800. The first-order chi connectivity index (χ1) is 11.3. The molecule has 4 unspecified atom stereocenters. The lowest BCUT2D eigenvalue weighted by molar-refractivity contribution is 0.0327. The van der Waals surface area contributed by atoms with Crippen molar-refractivity contribution >= 4 is 26.5 Å². The SMILES string of the molecule is CC1[C@@H](O)[C@H](O)[C@H](C)P1c1ccccc1P1[C@@H](C)C(O)[C@H](O)[C@@H]1C. The van der Waals surface area contributed by atoms with Crippen LogP contribution >= 0.6 is 15.8 Å². The summed E-state index contributed by atoms with van der Waals surface area (Å²) >= 11 is 0. The normalized spacial score (nSPS) is 48.8. The number of aliphatic hydroxyl groups is 4. The summed E-state index contributed by atoms with van der Waals surface area (Å²) in [5, 5.41) is 43.7. The minimum absolute atomic E-state index is 0.0456. The van der Waals surface area contributed by atoms with Crippen LogP contribution in [-0.2, 0) is 0 Å². The Balaban J connectivity index is 2.04. The van der Waals surface area contributed by atoms with Crippen LogP contribution in [0.1, 0.15) is 27.7 Å². The van der Waals surface area contributed by atoms with E-state index in [9.17, 15) is 20.4 Å². The van der Waals surface area contributed by atoms with Gasteiger partial charge in [-0.3, -0.25) is 0 Å². The number of benzene rings is 1. The van der Waals surface area contributed by atoms with Crippen molar-refractivity contribution in [3.63, 3.8) is 0 Å². The van der Waals surface area contributed by atoms with Crippen molar-refractivity contribution in [2.75, 3.05) is 0 Å². The van der Waals surface area contributed by atoms with Crippen LogP contribution in [0.2, 0.25) is 0 Å². The molecule has 3 rings (SSSR count). The molecule has 24 heavy (non-hydrogen) atoms. The number of hydrogen-bond acceptors (Lipinski definition) is 4. The van der Waals surface area contributed by atoms with Gasteiger partial charge in [-0.2, -0.15) is 0 Å². The van der Waals surface area contributed by atoms with E-state index in [0.717, 1.165) is 0 Å². The molecule has 0 aromatic heterocycles. The zero-order chi connectivity index (χ0) is 17.8. The van der Waals surface area contributed by atoms with Gasteiger partial charge in [0.2, 0.25) is 0 Å². The molecule has 0 bridgehead atoms. The largest absolute Gasteiger partial charge is 0.390 e. The lowest BCUT2D eigenvalue weighted by Crippen LogP contribution is -2.30. The van der Waals surface area contributed by atoms with E-state index in [4.69, 9.17) is 0 Å². The number of hydrogen-bond donors (Lipinski definition) is 4. The fourth-order valence-electron chi connectivity index (χ4n) is 4.32. The van der Waals surface area contributed by atoms with E-state index in [1.807, 2.05) is 39.8 Å². The Morgan fingerprint density at radius 3 is 1.08 bits per heavy atom. The van der Waals surface area contributed by atoms with Crippen molar-refractivity contribution in [1.29, 1.82) is 0 Å². The lowest BCUT2D eigenvalue weighted by atomic mass is 10.1. The Kier molecular flexibility index (Phi) is 5.39. The molecule has 134 valence electrons. The Morgan fingerprint density at radius 1 is 0.583 bits per heavy atom. The molecule has 2 saturated heterocycles. The number of rotatable bonds is 2. The van der Waals surface area contributed by atoms with Gasteiger partial charge in [-0.05, 0) is 10.6 Å². The topological polar surface area (TPSA) is 80.9 Å². The molecule has 2 aliphatic heterocycles. The standard InChI is InChI=1S/C18H28O4P2/c1-9-15(19)16(20)10(2)23(9)13-7-5-6-8-14(13)24-11(3)17(21)18(22)12(24)4/h5-12,15-22H,1-4H3/t9-,10-,11-,12?,15+,16?,17+,18+,23?,24?/m0/s1. The molecule has 0 radical (unpaired) electrons. The van der Waals surface area contributed by atoms with Crippen LogP contribution in [0.4, 0.5) is 0 Å². The fraction of sp³-hybridized carbons (Fsp3) is 0.667. The smallest absolute Gasteiger partial charge is 0.0872 e. The zero-order valence-electron chi connectivity index (χ0n) is 14.6. The molecule has 4 N–H and O–H groups in total. The molecule has 2 aliphatic rings. The molecule has 1 aromatic rings. The highest BCUT2D eigenvalue weighted by Gasteiger charge is 2.49. The van der Waals surface area contributed by atoms with Gasteiger partial charge in [0, 0.05) is 22.6 Å². The van der Waals surface area contributed by atoms with Crippen molar-refractivity contribution in [2.24, 2.45) is 0 Å². The van der Waals surface area contributed by atoms with Gasteiger partial charge in [0.1, 0.15) is 0 Å². The second-order valence-electron chi connectivity index (χ2n) is 7.23. The van der Waals surface area contributed by atoms with Gasteiger partial charge in [0.25, 0.3) is 0 Å². The molecule has 2 fully saturated rings. The highest BCUT2D eigenvalue weighted by Crippen LogP contribution is 2.59. The molecule has 0 amide bonds. The van der Waals surface area contributed by atoms with E-state index in [0.29, 0.717) is 0 Å². The molecule has 0 saturated carbocycles. The summed E-state index contributed by atoms with van der Waals surface area (Å²) in [6.45, 7) is 8.10. The average molecular weight is 370 g/mol. The van der Waals surface area contributed by atoms with Gasteiger partial charge < -0.3 is 20.4 Å². The highest BCUT2D eigenvalue weighted by molar-refractivity contribution is 7.73. The summed E-state index contributed by atoms with van der Waals surface area (Å²) in [5.74, 6) is 0. The first-order valence-corrected chi connectivity index (χ1v) is 11.6. The minimum Gasteiger partial charge on any atom is -0.390 e. The third-order valence-corrected chi connectivity index (χ3v) is 12.7. The molecule has 2 heterocycles. The first-order valence-electron chi connectivity index (χ1n) is 8.65. The summed E-state index contributed by atoms with van der Waals surface area (Å²) in [6, 6.07) is 8.28. The highest BCUT2D eigenvalue weighted by atomic mass is 31.1. The maximum absolute atomic E-state index is 10.3. The maximum atomic E-state index is 10.3. The van der Waals surface area contributed by atoms with Crippen molar-refractivity contribution in [1.82, 2.24) is 0 Å². The van der Waals surface area contributed by atoms with Crippen LogP contribution in [0, 0.1) is 0 Å². The third-order valence-electron chi connectivity index (χ3n) is 5.87. The van der Waals surface area contributed by atoms with Gasteiger partial charge in [-0.25, -0.2) is 0 Å². The average Bonchev–Trinajstić information content (AvgIpc) is 2.88. The molecule has 4 nitrogen and oxygen atoms in total. The molecular formula is C18H28O4P2. The quantitative estimate of drug-likeness (QED) is 0.584. The van der Waals surface area contributed by atoms with Gasteiger partial charge in [-0.15, -0.1) is 0 Å². The Morgan fingerprint density at radius 2 is 0.833 bits per heavy atom. The maximum Gasteiger partial charge on any atom is 0.0872 e. The van der Waals surface area contributed by atoms with Crippen LogP contribution in [0.15, 0.2) is 24.3 Å². The second kappa shape index (κ2) is 6.91. The lowest BCUT2D eigenvalue weighted by Gasteiger charge is -2.30. The molecule has 6 heteroatoms. The van der Waals surface area contributed by atoms with Crippen molar-refractivity contribution in [2.45, 2.75) is 74.7 Å². The molecule has 1 aromatic carbocycles. The zero-order valence-corrected chi connectivity index (χ0v) is 16.4. The van der Waals surface area contributed by atoms with E-state index in [1.54, 1.807) is 0 Å². The van der Waals surface area contributed by atoms with E-state index in [-0.39, 0.29) is 22.6 Å². The summed E-state index contributed by atoms with van der Waals surface area (Å²) in [4.78, 5) is 0. The minimum atomic E-state index is -0.692. The van der Waals surface area contributed by atoms with Gasteiger partial charge in [-0.1, -0.05) is 67.8 Å². The predicted octanol–water partition coefficient (Wildman–Crippen LogP) is 0.926. The fourth-order valence-corrected chi connectivity index (χ4v) is 11.5. The summed E-state index contributed by atoms with van der Waals surface area (Å²) in [7, 11) is -1.38. The second-order valence-corrected chi connectivity index (χ2v) is 13.1. The monoisotopic (exact) mass is 370 g/mol. The van der Waals surface area contributed by atoms with Crippen LogP contribution in [0.5, 0.6) is 0 Å². The number of aliphatic hydroxyl groups excluding tert-OH is 4. The molecule has 0 aliphatic carbocycles. The van der Waals surface area contributed by atoms with E-state index >= 15 is 0 Å². The van der Waals surface area contributed by atoms with Gasteiger partial charge in [0.15, 0.2) is 0 Å². The predicted molar refractivity (Wildman–Crippen MR) is 101 cm³/mol. The molecule has 10 atom stereocenters. The van der Waals surface area contributed by atoms with Crippen molar-refractivity contribution in [3.05, 3.63) is 24.3 Å². The summed E-state index contributed by atoms with van der Waals surface area (Å²) in [5.41, 5.74) is 0.182. The first kappa shape index (κ1) is 18.7.